The molecule has 1 saturated heterocycles. The maximum absolute atomic E-state index is 11.9. The Morgan fingerprint density at radius 2 is 2.32 bits per heavy atom. The van der Waals surface area contributed by atoms with Crippen molar-refractivity contribution in [3.8, 4) is 0 Å². The first-order valence-corrected chi connectivity index (χ1v) is 7.37. The highest BCUT2D eigenvalue weighted by Gasteiger charge is 2.29. The predicted octanol–water partition coefficient (Wildman–Crippen LogP) is 0.784. The van der Waals surface area contributed by atoms with E-state index >= 15 is 0 Å². The second kappa shape index (κ2) is 6.40. The molecule has 2 heterocycles. The summed E-state index contributed by atoms with van der Waals surface area (Å²) in [7, 11) is 0. The second-order valence-electron chi connectivity index (χ2n) is 4.97. The number of amides is 1. The number of hydrogen-bond donors (Lipinski definition) is 2. The molecular weight excluding hydrogens is 264 g/mol. The van der Waals surface area contributed by atoms with Gasteiger partial charge in [0.2, 0.25) is 5.91 Å². The van der Waals surface area contributed by atoms with Crippen molar-refractivity contribution in [3.63, 3.8) is 0 Å². The van der Waals surface area contributed by atoms with Crippen LogP contribution in [0.4, 0.5) is 0 Å². The Labute approximate surface area is 116 Å². The zero-order valence-electron chi connectivity index (χ0n) is 11.3. The zero-order valence-corrected chi connectivity index (χ0v) is 12.1. The van der Waals surface area contributed by atoms with Gasteiger partial charge < -0.3 is 15.8 Å². The van der Waals surface area contributed by atoms with E-state index in [1.54, 1.807) is 0 Å². The van der Waals surface area contributed by atoms with Crippen LogP contribution in [0.15, 0.2) is 0 Å². The van der Waals surface area contributed by atoms with Gasteiger partial charge in [0.15, 0.2) is 0 Å². The lowest BCUT2D eigenvalue weighted by Gasteiger charge is -2.11. The summed E-state index contributed by atoms with van der Waals surface area (Å²) in [6.07, 6.45) is 1.24. The van der Waals surface area contributed by atoms with Gasteiger partial charge in [-0.1, -0.05) is 25.2 Å². The number of nitrogens with two attached hydrogens (primary N) is 1. The lowest BCUT2D eigenvalue weighted by Crippen LogP contribution is -2.35. The molecule has 3 N–H and O–H groups in total. The van der Waals surface area contributed by atoms with Gasteiger partial charge in [-0.3, -0.25) is 4.79 Å². The van der Waals surface area contributed by atoms with E-state index in [0.717, 1.165) is 22.9 Å². The van der Waals surface area contributed by atoms with Gasteiger partial charge in [-0.05, 0) is 12.8 Å². The summed E-state index contributed by atoms with van der Waals surface area (Å²) >= 11 is 1.53. The van der Waals surface area contributed by atoms with Crippen LogP contribution in [-0.4, -0.2) is 34.9 Å². The van der Waals surface area contributed by atoms with E-state index in [4.69, 9.17) is 10.5 Å². The molecule has 1 amide bonds. The molecule has 0 bridgehead atoms. The number of carbonyl (C=O) groups is 1. The molecule has 106 valence electrons. The lowest BCUT2D eigenvalue weighted by atomic mass is 10.2. The maximum Gasteiger partial charge on any atom is 0.249 e. The summed E-state index contributed by atoms with van der Waals surface area (Å²) in [4.78, 5) is 11.9. The van der Waals surface area contributed by atoms with Crippen molar-refractivity contribution in [2.75, 3.05) is 6.54 Å². The minimum absolute atomic E-state index is 0.0184. The van der Waals surface area contributed by atoms with Crippen molar-refractivity contribution < 1.29 is 9.53 Å². The quantitative estimate of drug-likeness (QED) is 0.834. The van der Waals surface area contributed by atoms with Crippen LogP contribution < -0.4 is 11.1 Å². The van der Waals surface area contributed by atoms with Crippen LogP contribution in [0, 0.1) is 0 Å². The number of rotatable bonds is 5. The van der Waals surface area contributed by atoms with Gasteiger partial charge in [0.05, 0.1) is 12.6 Å². The van der Waals surface area contributed by atoms with E-state index < -0.39 is 0 Å². The molecule has 6 nitrogen and oxygen atoms in total. The van der Waals surface area contributed by atoms with Gasteiger partial charge in [-0.15, -0.1) is 10.2 Å². The highest BCUT2D eigenvalue weighted by Crippen LogP contribution is 2.20. The summed E-state index contributed by atoms with van der Waals surface area (Å²) in [6.45, 7) is 5.03. The summed E-state index contributed by atoms with van der Waals surface area (Å²) < 4.78 is 5.53. The summed E-state index contributed by atoms with van der Waals surface area (Å²) in [5.41, 5.74) is 5.52. The van der Waals surface area contributed by atoms with Gasteiger partial charge in [0, 0.05) is 12.5 Å². The monoisotopic (exact) mass is 284 g/mol. The van der Waals surface area contributed by atoms with E-state index in [0.29, 0.717) is 19.0 Å². The molecule has 1 aliphatic rings. The number of carbonyl (C=O) groups excluding carboxylic acids is 1. The topological polar surface area (TPSA) is 90.1 Å². The molecule has 0 aromatic carbocycles. The molecule has 1 aromatic heterocycles. The van der Waals surface area contributed by atoms with Gasteiger partial charge in [-0.2, -0.15) is 0 Å². The first kappa shape index (κ1) is 14.4. The molecule has 0 spiro atoms. The van der Waals surface area contributed by atoms with Crippen molar-refractivity contribution in [3.05, 3.63) is 10.0 Å². The van der Waals surface area contributed by atoms with Gasteiger partial charge >= 0.3 is 0 Å². The number of aromatic nitrogens is 2. The van der Waals surface area contributed by atoms with Gasteiger partial charge in [0.1, 0.15) is 16.1 Å². The van der Waals surface area contributed by atoms with E-state index in [2.05, 4.69) is 29.4 Å². The molecule has 19 heavy (non-hydrogen) atoms. The van der Waals surface area contributed by atoms with Crippen LogP contribution in [-0.2, 0) is 16.1 Å². The Morgan fingerprint density at radius 1 is 1.53 bits per heavy atom. The standard InChI is InChI=1S/C12H20N4O2S/c1-7(2)12-16-15-10(19-12)6-14-11(17)9-4-3-8(5-13)18-9/h7-9H,3-6,13H2,1-2H3,(H,14,17)/t8-,9+/m1/s1. The Morgan fingerprint density at radius 3 is 2.89 bits per heavy atom. The van der Waals surface area contributed by atoms with Crippen LogP contribution in [0.1, 0.15) is 42.6 Å². The van der Waals surface area contributed by atoms with Crippen LogP contribution in [0.2, 0.25) is 0 Å². The van der Waals surface area contributed by atoms with Crippen LogP contribution >= 0.6 is 11.3 Å². The predicted molar refractivity (Wildman–Crippen MR) is 72.8 cm³/mol. The molecule has 1 aliphatic heterocycles. The van der Waals surface area contributed by atoms with E-state index in [1.165, 1.54) is 11.3 Å². The minimum Gasteiger partial charge on any atom is -0.364 e. The SMILES string of the molecule is CC(C)c1nnc(CNC(=O)[C@@H]2CC[C@H](CN)O2)s1. The first-order valence-electron chi connectivity index (χ1n) is 6.55. The molecular formula is C12H20N4O2S. The van der Waals surface area contributed by atoms with E-state index in [-0.39, 0.29) is 18.1 Å². The Balaban J connectivity index is 1.80. The van der Waals surface area contributed by atoms with Crippen molar-refractivity contribution >= 4 is 17.2 Å². The average molecular weight is 284 g/mol. The molecule has 2 rings (SSSR count). The number of nitrogens with zero attached hydrogens (tertiary/aromatic N) is 2. The second-order valence-corrected chi connectivity index (χ2v) is 6.06. The van der Waals surface area contributed by atoms with Gasteiger partial charge in [-0.25, -0.2) is 0 Å². The highest BCUT2D eigenvalue weighted by molar-refractivity contribution is 7.11. The zero-order chi connectivity index (χ0) is 13.8. The first-order chi connectivity index (χ1) is 9.10. The summed E-state index contributed by atoms with van der Waals surface area (Å²) in [6, 6.07) is 0. The summed E-state index contributed by atoms with van der Waals surface area (Å²) in [5, 5.41) is 12.8. The lowest BCUT2D eigenvalue weighted by molar-refractivity contribution is -0.132. The Hall–Kier alpha value is -1.05. The van der Waals surface area contributed by atoms with Crippen molar-refractivity contribution in [1.82, 2.24) is 15.5 Å². The Bertz CT molecular complexity index is 435. The molecule has 2 atom stereocenters. The molecule has 1 fully saturated rings. The largest absolute Gasteiger partial charge is 0.364 e. The highest BCUT2D eigenvalue weighted by atomic mass is 32.1. The van der Waals surface area contributed by atoms with Gasteiger partial charge in [0.25, 0.3) is 0 Å². The fourth-order valence-corrected chi connectivity index (χ4v) is 2.70. The molecule has 1 aromatic rings. The van der Waals surface area contributed by atoms with Crippen LogP contribution in [0.5, 0.6) is 0 Å². The smallest absolute Gasteiger partial charge is 0.249 e. The number of ether oxygens (including phenoxy) is 1. The minimum atomic E-state index is -0.369. The fourth-order valence-electron chi connectivity index (χ4n) is 1.92. The molecule has 0 saturated carbocycles. The molecule has 0 aliphatic carbocycles. The third kappa shape index (κ3) is 3.71. The third-order valence-corrected chi connectivity index (χ3v) is 4.28. The summed E-state index contributed by atoms with van der Waals surface area (Å²) in [5.74, 6) is 0.280. The third-order valence-electron chi connectivity index (χ3n) is 3.05. The maximum atomic E-state index is 11.9. The number of nitrogens with one attached hydrogen (secondary N) is 1. The fraction of sp³-hybridized carbons (Fsp3) is 0.750. The molecule has 7 heteroatoms. The van der Waals surface area contributed by atoms with Crippen molar-refractivity contribution in [2.45, 2.75) is 51.4 Å². The van der Waals surface area contributed by atoms with Crippen LogP contribution in [0.3, 0.4) is 0 Å². The Kier molecular flexibility index (Phi) is 4.84. The van der Waals surface area contributed by atoms with E-state index in [1.807, 2.05) is 0 Å². The van der Waals surface area contributed by atoms with E-state index in [9.17, 15) is 4.79 Å². The van der Waals surface area contributed by atoms with Crippen molar-refractivity contribution in [2.24, 2.45) is 5.73 Å². The average Bonchev–Trinajstić information content (AvgIpc) is 3.04. The van der Waals surface area contributed by atoms with Crippen LogP contribution in [0.25, 0.3) is 0 Å². The molecule has 0 radical (unpaired) electrons. The normalized spacial score (nSPS) is 22.9. The molecule has 0 unspecified atom stereocenters. The number of hydrogen-bond acceptors (Lipinski definition) is 6. The van der Waals surface area contributed by atoms with Crippen molar-refractivity contribution in [1.29, 1.82) is 0 Å².